The summed E-state index contributed by atoms with van der Waals surface area (Å²) >= 11 is 0. The quantitative estimate of drug-likeness (QED) is 0.194. The molecule has 2 heterocycles. The highest BCUT2D eigenvalue weighted by Gasteiger charge is 2.13. The molecule has 0 unspecified atom stereocenters. The van der Waals surface area contributed by atoms with Gasteiger partial charge in [0.15, 0.2) is 17.5 Å². The Balaban J connectivity index is 1.40. The van der Waals surface area contributed by atoms with Crippen molar-refractivity contribution in [2.45, 2.75) is 6.92 Å². The summed E-state index contributed by atoms with van der Waals surface area (Å²) in [5.74, 6) is 1.76. The molecule has 0 bridgehead atoms. The van der Waals surface area contributed by atoms with Gasteiger partial charge >= 0.3 is 0 Å². The molecule has 0 atom stereocenters. The highest BCUT2D eigenvalue weighted by atomic mass is 15.0. The Bertz CT molecular complexity index is 1920. The van der Waals surface area contributed by atoms with Crippen LogP contribution >= 0.6 is 0 Å². The third-order valence-electron chi connectivity index (χ3n) is 6.92. The van der Waals surface area contributed by atoms with Crippen LogP contribution in [0.4, 0.5) is 0 Å². The first-order valence-corrected chi connectivity index (χ1v) is 13.5. The van der Waals surface area contributed by atoms with Crippen molar-refractivity contribution in [1.82, 2.24) is 19.9 Å². The second-order valence-corrected chi connectivity index (χ2v) is 9.73. The molecule has 196 valence electrons. The Hall–Kier alpha value is -5.48. The van der Waals surface area contributed by atoms with Crippen LogP contribution in [-0.2, 0) is 0 Å². The second kappa shape index (κ2) is 11.3. The van der Waals surface area contributed by atoms with Crippen LogP contribution in [0.3, 0.4) is 0 Å². The molecule has 41 heavy (non-hydrogen) atoms. The van der Waals surface area contributed by atoms with Crippen molar-refractivity contribution in [3.63, 3.8) is 0 Å². The number of nitrogens with zero attached hydrogens (tertiary/aromatic N) is 4. The number of hydrogen-bond acceptors (Lipinski definition) is 4. The summed E-state index contributed by atoms with van der Waals surface area (Å²) in [7, 11) is 0. The summed E-state index contributed by atoms with van der Waals surface area (Å²) in [6.45, 7) is 9.81. The zero-order valence-corrected chi connectivity index (χ0v) is 22.8. The number of pyridine rings is 1. The number of fused-ring (bicyclic) bond motifs is 1. The molecule has 4 aromatic carbocycles. The zero-order valence-electron chi connectivity index (χ0n) is 22.8. The van der Waals surface area contributed by atoms with E-state index in [9.17, 15) is 0 Å². The number of hydrogen-bond donors (Lipinski definition) is 0. The SMILES string of the molecule is C=C/C=C(\C=C)c1nc(-c2ccccc2)nc(-c2cccc(-c3ccc(-c4nc(C)cc5ccccc45)cc3)c2)n1. The van der Waals surface area contributed by atoms with Gasteiger partial charge in [0.05, 0.1) is 5.69 Å². The maximum absolute atomic E-state index is 4.86. The molecule has 4 heteroatoms. The fourth-order valence-electron chi connectivity index (χ4n) is 4.92. The molecule has 6 rings (SSSR count). The lowest BCUT2D eigenvalue weighted by molar-refractivity contribution is 1.04. The van der Waals surface area contributed by atoms with E-state index in [1.165, 1.54) is 5.39 Å². The highest BCUT2D eigenvalue weighted by molar-refractivity contribution is 5.95. The van der Waals surface area contributed by atoms with Crippen molar-refractivity contribution in [2.75, 3.05) is 0 Å². The fourth-order valence-corrected chi connectivity index (χ4v) is 4.92. The van der Waals surface area contributed by atoms with E-state index in [0.717, 1.165) is 50.2 Å². The molecule has 6 aromatic rings. The number of benzene rings is 4. The van der Waals surface area contributed by atoms with E-state index in [2.05, 4.69) is 79.9 Å². The summed E-state index contributed by atoms with van der Waals surface area (Å²) in [5.41, 5.74) is 7.87. The smallest absolute Gasteiger partial charge is 0.164 e. The lowest BCUT2D eigenvalue weighted by Crippen LogP contribution is -2.02. The first-order chi connectivity index (χ1) is 20.1. The predicted molar refractivity (Wildman–Crippen MR) is 170 cm³/mol. The third kappa shape index (κ3) is 5.36. The van der Waals surface area contributed by atoms with Crippen molar-refractivity contribution in [3.8, 4) is 45.2 Å². The summed E-state index contributed by atoms with van der Waals surface area (Å²) < 4.78 is 0. The first kappa shape index (κ1) is 25.8. The van der Waals surface area contributed by atoms with E-state index in [-0.39, 0.29) is 0 Å². The molecule has 0 amide bonds. The van der Waals surface area contributed by atoms with Crippen LogP contribution in [0.1, 0.15) is 11.5 Å². The van der Waals surface area contributed by atoms with Crippen molar-refractivity contribution in [3.05, 3.63) is 152 Å². The average Bonchev–Trinajstić information content (AvgIpc) is 3.03. The summed E-state index contributed by atoms with van der Waals surface area (Å²) in [6, 6.07) is 37.3. The Morgan fingerprint density at radius 1 is 0.585 bits per heavy atom. The molecular formula is C37H28N4. The number of aromatic nitrogens is 4. The number of aryl methyl sites for hydroxylation is 1. The Morgan fingerprint density at radius 3 is 2.00 bits per heavy atom. The standard InChI is InChI=1S/C37H28N4/c1-4-12-26(5-2)35-39-36(29-13-7-6-8-14-29)41-37(40-35)32-17-11-16-30(24-32)27-19-21-28(22-20-27)34-33-18-10-9-15-31(33)23-25(3)38-34/h4-24H,1-2H2,3H3/b26-12+. The van der Waals surface area contributed by atoms with Gasteiger partial charge < -0.3 is 0 Å². The van der Waals surface area contributed by atoms with E-state index >= 15 is 0 Å². The van der Waals surface area contributed by atoms with Crippen molar-refractivity contribution in [1.29, 1.82) is 0 Å². The molecule has 0 aliphatic rings. The summed E-state index contributed by atoms with van der Waals surface area (Å²) in [4.78, 5) is 19.3. The van der Waals surface area contributed by atoms with Crippen LogP contribution < -0.4 is 0 Å². The minimum Gasteiger partial charge on any atom is -0.252 e. The van der Waals surface area contributed by atoms with Crippen LogP contribution in [0.2, 0.25) is 0 Å². The monoisotopic (exact) mass is 528 g/mol. The second-order valence-electron chi connectivity index (χ2n) is 9.73. The normalized spacial score (nSPS) is 11.4. The third-order valence-corrected chi connectivity index (χ3v) is 6.92. The van der Waals surface area contributed by atoms with E-state index in [4.69, 9.17) is 19.9 Å². The zero-order chi connectivity index (χ0) is 28.2. The van der Waals surface area contributed by atoms with Gasteiger partial charge in [-0.05, 0) is 35.6 Å². The molecule has 0 fully saturated rings. The Kier molecular flexibility index (Phi) is 7.12. The van der Waals surface area contributed by atoms with E-state index in [1.807, 2.05) is 55.5 Å². The lowest BCUT2D eigenvalue weighted by Gasteiger charge is -2.11. The highest BCUT2D eigenvalue weighted by Crippen LogP contribution is 2.31. The molecule has 4 nitrogen and oxygen atoms in total. The van der Waals surface area contributed by atoms with E-state index < -0.39 is 0 Å². The van der Waals surface area contributed by atoms with Crippen molar-refractivity contribution in [2.24, 2.45) is 0 Å². The molecule has 0 aliphatic carbocycles. The molecular weight excluding hydrogens is 500 g/mol. The van der Waals surface area contributed by atoms with Crippen molar-refractivity contribution < 1.29 is 0 Å². The Morgan fingerprint density at radius 2 is 1.24 bits per heavy atom. The van der Waals surface area contributed by atoms with Crippen molar-refractivity contribution >= 4 is 16.3 Å². The minimum atomic E-state index is 0.552. The maximum atomic E-state index is 4.86. The fraction of sp³-hybridized carbons (Fsp3) is 0.0270. The molecule has 0 N–H and O–H groups in total. The van der Waals surface area contributed by atoms with Crippen LogP contribution in [-0.4, -0.2) is 19.9 Å². The van der Waals surface area contributed by atoms with Gasteiger partial charge in [-0.1, -0.05) is 128 Å². The molecule has 0 radical (unpaired) electrons. The number of allylic oxidation sites excluding steroid dienone is 4. The molecule has 0 saturated heterocycles. The van der Waals surface area contributed by atoms with Crippen LogP contribution in [0.5, 0.6) is 0 Å². The van der Waals surface area contributed by atoms with Gasteiger partial charge in [-0.15, -0.1) is 0 Å². The molecule has 2 aromatic heterocycles. The van der Waals surface area contributed by atoms with Crippen LogP contribution in [0.25, 0.3) is 61.5 Å². The topological polar surface area (TPSA) is 51.6 Å². The Labute approximate surface area is 240 Å². The molecule has 0 aliphatic heterocycles. The largest absolute Gasteiger partial charge is 0.252 e. The van der Waals surface area contributed by atoms with Gasteiger partial charge in [0, 0.05) is 33.3 Å². The van der Waals surface area contributed by atoms with Gasteiger partial charge in [-0.2, -0.15) is 0 Å². The maximum Gasteiger partial charge on any atom is 0.164 e. The van der Waals surface area contributed by atoms with E-state index in [1.54, 1.807) is 12.2 Å². The van der Waals surface area contributed by atoms with E-state index in [0.29, 0.717) is 17.5 Å². The van der Waals surface area contributed by atoms with Gasteiger partial charge in [0.25, 0.3) is 0 Å². The number of rotatable bonds is 7. The molecule has 0 spiro atoms. The average molecular weight is 529 g/mol. The summed E-state index contributed by atoms with van der Waals surface area (Å²) in [5, 5.41) is 2.35. The lowest BCUT2D eigenvalue weighted by atomic mass is 9.98. The minimum absolute atomic E-state index is 0.552. The van der Waals surface area contributed by atoms with Crippen LogP contribution in [0, 0.1) is 6.92 Å². The van der Waals surface area contributed by atoms with Gasteiger partial charge in [0.2, 0.25) is 0 Å². The van der Waals surface area contributed by atoms with Gasteiger partial charge in [-0.3, -0.25) is 4.98 Å². The molecule has 0 saturated carbocycles. The van der Waals surface area contributed by atoms with Gasteiger partial charge in [0.1, 0.15) is 0 Å². The first-order valence-electron chi connectivity index (χ1n) is 13.5. The van der Waals surface area contributed by atoms with Gasteiger partial charge in [-0.25, -0.2) is 15.0 Å². The summed E-state index contributed by atoms with van der Waals surface area (Å²) in [6.07, 6.45) is 5.30. The predicted octanol–water partition coefficient (Wildman–Crippen LogP) is 9.15. The van der Waals surface area contributed by atoms with Crippen LogP contribution in [0.15, 0.2) is 141 Å².